The van der Waals surface area contributed by atoms with Crippen molar-refractivity contribution in [1.29, 1.82) is 0 Å². The quantitative estimate of drug-likeness (QED) is 0.796. The van der Waals surface area contributed by atoms with Crippen molar-refractivity contribution in [2.75, 3.05) is 5.32 Å². The fraction of sp³-hybridized carbons (Fsp3) is 0.133. The monoisotopic (exact) mass is 283 g/mol. The number of anilines is 1. The van der Waals surface area contributed by atoms with E-state index in [1.807, 2.05) is 13.0 Å². The van der Waals surface area contributed by atoms with Crippen LogP contribution in [0, 0.1) is 6.92 Å². The van der Waals surface area contributed by atoms with Gasteiger partial charge >= 0.3 is 5.76 Å². The zero-order valence-electron chi connectivity index (χ0n) is 11.4. The lowest BCUT2D eigenvalue weighted by molar-refractivity contribution is -0.116. The molecule has 0 aliphatic carbocycles. The van der Waals surface area contributed by atoms with Crippen LogP contribution in [0.5, 0.6) is 0 Å². The van der Waals surface area contributed by atoms with Gasteiger partial charge in [-0.3, -0.25) is 9.36 Å². The molecule has 3 rings (SSSR count). The molecule has 0 unspecified atom stereocenters. The van der Waals surface area contributed by atoms with Gasteiger partial charge in [0.05, 0.1) is 5.52 Å². The second-order valence-corrected chi connectivity index (χ2v) is 4.69. The van der Waals surface area contributed by atoms with Crippen molar-refractivity contribution in [3.63, 3.8) is 0 Å². The third kappa shape index (κ3) is 2.69. The first-order valence-electron chi connectivity index (χ1n) is 6.44. The van der Waals surface area contributed by atoms with E-state index in [9.17, 15) is 9.59 Å². The van der Waals surface area contributed by atoms with Crippen molar-refractivity contribution in [1.82, 2.24) is 9.55 Å². The number of carbonyl (C=O) groups is 1. The second kappa shape index (κ2) is 5.24. The van der Waals surface area contributed by atoms with Gasteiger partial charge in [-0.1, -0.05) is 18.2 Å². The van der Waals surface area contributed by atoms with Crippen LogP contribution >= 0.6 is 0 Å². The Balaban J connectivity index is 1.82. The predicted molar refractivity (Wildman–Crippen MR) is 78.1 cm³/mol. The number of oxazole rings is 1. The Kier molecular flexibility index (Phi) is 3.27. The van der Waals surface area contributed by atoms with Gasteiger partial charge in [-0.15, -0.1) is 0 Å². The van der Waals surface area contributed by atoms with E-state index >= 15 is 0 Å². The molecule has 3 aromatic rings. The molecule has 0 atom stereocenters. The molecule has 0 aliphatic heterocycles. The third-order valence-corrected chi connectivity index (χ3v) is 3.05. The normalized spacial score (nSPS) is 10.7. The maximum atomic E-state index is 12.0. The van der Waals surface area contributed by atoms with E-state index in [-0.39, 0.29) is 12.5 Å². The number of fused-ring (bicyclic) bond motifs is 1. The molecule has 2 heterocycles. The van der Waals surface area contributed by atoms with E-state index < -0.39 is 5.76 Å². The molecule has 0 bridgehead atoms. The van der Waals surface area contributed by atoms with Crippen LogP contribution in [0.3, 0.4) is 0 Å². The van der Waals surface area contributed by atoms with Crippen molar-refractivity contribution in [2.45, 2.75) is 13.5 Å². The van der Waals surface area contributed by atoms with E-state index in [0.29, 0.717) is 16.9 Å². The van der Waals surface area contributed by atoms with Crippen LogP contribution < -0.4 is 11.1 Å². The number of benzene rings is 1. The van der Waals surface area contributed by atoms with Gasteiger partial charge in [0.15, 0.2) is 5.58 Å². The third-order valence-electron chi connectivity index (χ3n) is 3.05. The minimum Gasteiger partial charge on any atom is -0.408 e. The smallest absolute Gasteiger partial charge is 0.408 e. The number of rotatable bonds is 3. The topological polar surface area (TPSA) is 77.1 Å². The fourth-order valence-electron chi connectivity index (χ4n) is 2.03. The maximum Gasteiger partial charge on any atom is 0.420 e. The summed E-state index contributed by atoms with van der Waals surface area (Å²) >= 11 is 0. The van der Waals surface area contributed by atoms with E-state index in [1.54, 1.807) is 36.5 Å². The summed E-state index contributed by atoms with van der Waals surface area (Å²) < 4.78 is 6.37. The van der Waals surface area contributed by atoms with Gasteiger partial charge in [0.1, 0.15) is 12.4 Å². The van der Waals surface area contributed by atoms with Crippen molar-refractivity contribution < 1.29 is 9.21 Å². The van der Waals surface area contributed by atoms with Crippen LogP contribution in [0.2, 0.25) is 0 Å². The first-order valence-corrected chi connectivity index (χ1v) is 6.44. The summed E-state index contributed by atoms with van der Waals surface area (Å²) in [7, 11) is 0. The van der Waals surface area contributed by atoms with Gasteiger partial charge in [0, 0.05) is 6.20 Å². The lowest BCUT2D eigenvalue weighted by Crippen LogP contribution is -2.25. The van der Waals surface area contributed by atoms with Gasteiger partial charge in [0.25, 0.3) is 0 Å². The molecule has 21 heavy (non-hydrogen) atoms. The Morgan fingerprint density at radius 2 is 2.10 bits per heavy atom. The molecule has 0 aliphatic rings. The highest BCUT2D eigenvalue weighted by Gasteiger charge is 2.12. The van der Waals surface area contributed by atoms with Crippen LogP contribution in [0.1, 0.15) is 5.56 Å². The van der Waals surface area contributed by atoms with Gasteiger partial charge < -0.3 is 9.73 Å². The first kappa shape index (κ1) is 13.1. The van der Waals surface area contributed by atoms with Crippen molar-refractivity contribution in [3.8, 4) is 0 Å². The number of para-hydroxylation sites is 2. The Hall–Kier alpha value is -2.89. The fourth-order valence-corrected chi connectivity index (χ4v) is 2.03. The number of nitrogens with zero attached hydrogens (tertiary/aromatic N) is 2. The molecule has 1 aromatic carbocycles. The molecular formula is C15H13N3O3. The van der Waals surface area contributed by atoms with Gasteiger partial charge in [-0.25, -0.2) is 9.78 Å². The lowest BCUT2D eigenvalue weighted by Gasteiger charge is -2.05. The summed E-state index contributed by atoms with van der Waals surface area (Å²) in [6.07, 6.45) is 1.66. The summed E-state index contributed by atoms with van der Waals surface area (Å²) in [6.45, 7) is 1.79. The average Bonchev–Trinajstić information content (AvgIpc) is 2.78. The first-order chi connectivity index (χ1) is 10.1. The summed E-state index contributed by atoms with van der Waals surface area (Å²) in [5.74, 6) is -0.435. The summed E-state index contributed by atoms with van der Waals surface area (Å²) in [5, 5.41) is 2.65. The Morgan fingerprint density at radius 1 is 1.29 bits per heavy atom. The standard InChI is InChI=1S/C15H13N3O3/c1-10-6-7-13(16-8-10)17-14(19)9-18-11-4-2-3-5-12(11)21-15(18)20/h2-8H,9H2,1H3,(H,16,17,19). The number of hydrogen-bond acceptors (Lipinski definition) is 4. The number of aryl methyl sites for hydroxylation is 1. The number of aromatic nitrogens is 2. The van der Waals surface area contributed by atoms with E-state index in [2.05, 4.69) is 10.3 Å². The summed E-state index contributed by atoms with van der Waals surface area (Å²) in [5.41, 5.74) is 2.06. The highest BCUT2D eigenvalue weighted by atomic mass is 16.4. The zero-order chi connectivity index (χ0) is 14.8. The maximum absolute atomic E-state index is 12.0. The number of pyridine rings is 1. The van der Waals surface area contributed by atoms with Crippen molar-refractivity contribution in [2.24, 2.45) is 0 Å². The minimum absolute atomic E-state index is 0.120. The van der Waals surface area contributed by atoms with E-state index in [4.69, 9.17) is 4.42 Å². The number of amides is 1. The highest BCUT2D eigenvalue weighted by molar-refractivity contribution is 5.90. The van der Waals surface area contributed by atoms with Crippen molar-refractivity contribution in [3.05, 3.63) is 58.7 Å². The van der Waals surface area contributed by atoms with Crippen LogP contribution in [-0.4, -0.2) is 15.5 Å². The Labute approximate surface area is 120 Å². The molecule has 1 amide bonds. The van der Waals surface area contributed by atoms with Crippen LogP contribution in [0.4, 0.5) is 5.82 Å². The van der Waals surface area contributed by atoms with Crippen molar-refractivity contribution >= 4 is 22.8 Å². The van der Waals surface area contributed by atoms with E-state index in [1.165, 1.54) is 4.57 Å². The van der Waals surface area contributed by atoms with Gasteiger partial charge in [-0.2, -0.15) is 0 Å². The molecule has 6 nitrogen and oxygen atoms in total. The number of carbonyl (C=O) groups excluding carboxylic acids is 1. The highest BCUT2D eigenvalue weighted by Crippen LogP contribution is 2.12. The molecule has 106 valence electrons. The lowest BCUT2D eigenvalue weighted by atomic mass is 10.3. The molecule has 2 aromatic heterocycles. The van der Waals surface area contributed by atoms with Crippen LogP contribution in [0.25, 0.3) is 11.1 Å². The molecule has 6 heteroatoms. The molecule has 0 saturated heterocycles. The minimum atomic E-state index is -0.553. The summed E-state index contributed by atoms with van der Waals surface area (Å²) in [6, 6.07) is 10.5. The SMILES string of the molecule is Cc1ccc(NC(=O)Cn2c(=O)oc3ccccc32)nc1. The zero-order valence-corrected chi connectivity index (χ0v) is 11.4. The second-order valence-electron chi connectivity index (χ2n) is 4.69. The van der Waals surface area contributed by atoms with Gasteiger partial charge in [-0.05, 0) is 30.7 Å². The predicted octanol–water partition coefficient (Wildman–Crippen LogP) is 1.94. The van der Waals surface area contributed by atoms with Gasteiger partial charge in [0.2, 0.25) is 5.91 Å². The molecule has 1 N–H and O–H groups in total. The van der Waals surface area contributed by atoms with Crippen LogP contribution in [-0.2, 0) is 11.3 Å². The molecule has 0 spiro atoms. The number of nitrogens with one attached hydrogen (secondary N) is 1. The molecular weight excluding hydrogens is 270 g/mol. The summed E-state index contributed by atoms with van der Waals surface area (Å²) in [4.78, 5) is 27.9. The molecule has 0 saturated carbocycles. The number of hydrogen-bond donors (Lipinski definition) is 1. The Bertz CT molecular complexity index is 846. The van der Waals surface area contributed by atoms with E-state index in [0.717, 1.165) is 5.56 Å². The Morgan fingerprint density at radius 3 is 2.86 bits per heavy atom. The molecule has 0 radical (unpaired) electrons. The van der Waals surface area contributed by atoms with Crippen LogP contribution in [0.15, 0.2) is 51.8 Å². The largest absolute Gasteiger partial charge is 0.420 e. The average molecular weight is 283 g/mol. The molecule has 0 fully saturated rings.